The Labute approximate surface area is 153 Å². The van der Waals surface area contributed by atoms with Crippen molar-refractivity contribution in [2.45, 2.75) is 26.6 Å². The second-order valence-electron chi connectivity index (χ2n) is 5.95. The number of hydrogen-bond donors (Lipinski definition) is 1. The number of rotatable bonds is 7. The molecule has 0 radical (unpaired) electrons. The molecule has 0 aliphatic rings. The van der Waals surface area contributed by atoms with Crippen molar-refractivity contribution in [3.8, 4) is 5.75 Å². The number of halogens is 1. The summed E-state index contributed by atoms with van der Waals surface area (Å²) in [5, 5.41) is 8.71. The van der Waals surface area contributed by atoms with Crippen molar-refractivity contribution >= 4 is 11.6 Å². The average molecular weight is 356 g/mol. The molecule has 0 aliphatic heterocycles. The minimum Gasteiger partial charge on any atom is -0.497 e. The van der Waals surface area contributed by atoms with E-state index in [1.165, 1.54) is 11.1 Å². The number of nitrogens with zero attached hydrogens (tertiary/aromatic N) is 2. The third kappa shape index (κ3) is 4.41. The summed E-state index contributed by atoms with van der Waals surface area (Å²) in [4.78, 5) is 0. The van der Waals surface area contributed by atoms with E-state index in [1.807, 2.05) is 48.0 Å². The number of methoxy groups -OCH3 is 1. The molecule has 1 aromatic heterocycles. The van der Waals surface area contributed by atoms with E-state index in [9.17, 15) is 0 Å². The van der Waals surface area contributed by atoms with Crippen molar-refractivity contribution in [2.75, 3.05) is 7.11 Å². The monoisotopic (exact) mass is 355 g/mol. The van der Waals surface area contributed by atoms with Gasteiger partial charge in [-0.2, -0.15) is 5.10 Å². The fourth-order valence-electron chi connectivity index (χ4n) is 2.77. The van der Waals surface area contributed by atoms with Gasteiger partial charge in [0, 0.05) is 18.7 Å². The lowest BCUT2D eigenvalue weighted by Crippen LogP contribution is -2.13. The summed E-state index contributed by atoms with van der Waals surface area (Å²) in [7, 11) is 1.68. The molecule has 1 N–H and O–H groups in total. The van der Waals surface area contributed by atoms with Crippen LogP contribution in [0.4, 0.5) is 0 Å². The summed E-state index contributed by atoms with van der Waals surface area (Å²) < 4.78 is 7.11. The van der Waals surface area contributed by atoms with E-state index < -0.39 is 0 Å². The summed E-state index contributed by atoms with van der Waals surface area (Å²) >= 11 is 6.55. The van der Waals surface area contributed by atoms with Gasteiger partial charge in [0.15, 0.2) is 0 Å². The van der Waals surface area contributed by atoms with Crippen molar-refractivity contribution in [2.24, 2.45) is 0 Å². The molecule has 3 rings (SSSR count). The number of hydrogen-bond acceptors (Lipinski definition) is 3. The van der Waals surface area contributed by atoms with Crippen molar-refractivity contribution < 1.29 is 4.74 Å². The minimum atomic E-state index is 0.677. The van der Waals surface area contributed by atoms with Gasteiger partial charge in [-0.15, -0.1) is 0 Å². The molecule has 0 unspecified atom stereocenters. The van der Waals surface area contributed by atoms with E-state index in [-0.39, 0.29) is 0 Å². The fraction of sp³-hybridized carbons (Fsp3) is 0.250. The SMILES string of the molecule is COc1cccc(CNCc2c(C)nn(Cc3ccccc3)c2Cl)c1. The predicted molar refractivity (Wildman–Crippen MR) is 101 cm³/mol. The molecule has 0 bridgehead atoms. The molecule has 0 spiro atoms. The highest BCUT2D eigenvalue weighted by molar-refractivity contribution is 6.30. The van der Waals surface area contributed by atoms with Gasteiger partial charge in [-0.25, -0.2) is 4.68 Å². The molecule has 4 nitrogen and oxygen atoms in total. The van der Waals surface area contributed by atoms with Crippen LogP contribution in [0.3, 0.4) is 0 Å². The maximum Gasteiger partial charge on any atom is 0.132 e. The van der Waals surface area contributed by atoms with Crippen LogP contribution >= 0.6 is 11.6 Å². The van der Waals surface area contributed by atoms with Gasteiger partial charge in [0.05, 0.1) is 19.3 Å². The highest BCUT2D eigenvalue weighted by Crippen LogP contribution is 2.21. The first kappa shape index (κ1) is 17.5. The molecule has 2 aromatic carbocycles. The highest BCUT2D eigenvalue weighted by Gasteiger charge is 2.13. The van der Waals surface area contributed by atoms with Crippen LogP contribution in [0.5, 0.6) is 5.75 Å². The Kier molecular flexibility index (Phi) is 5.74. The molecular weight excluding hydrogens is 334 g/mol. The van der Waals surface area contributed by atoms with E-state index in [0.717, 1.165) is 23.6 Å². The number of nitrogens with one attached hydrogen (secondary N) is 1. The molecule has 0 aliphatic carbocycles. The van der Waals surface area contributed by atoms with E-state index in [2.05, 4.69) is 28.6 Å². The zero-order chi connectivity index (χ0) is 17.6. The van der Waals surface area contributed by atoms with E-state index in [0.29, 0.717) is 18.2 Å². The Balaban J connectivity index is 1.64. The Morgan fingerprint density at radius 2 is 1.80 bits per heavy atom. The molecule has 0 saturated carbocycles. The van der Waals surface area contributed by atoms with Crippen LogP contribution in [0, 0.1) is 6.92 Å². The highest BCUT2D eigenvalue weighted by atomic mass is 35.5. The van der Waals surface area contributed by atoms with Gasteiger partial charge < -0.3 is 10.1 Å². The van der Waals surface area contributed by atoms with Gasteiger partial charge in [0.2, 0.25) is 0 Å². The molecular formula is C20H22ClN3O. The zero-order valence-electron chi connectivity index (χ0n) is 14.5. The first-order valence-corrected chi connectivity index (χ1v) is 8.64. The fourth-order valence-corrected chi connectivity index (χ4v) is 3.07. The van der Waals surface area contributed by atoms with E-state index >= 15 is 0 Å². The summed E-state index contributed by atoms with van der Waals surface area (Å²) in [6.07, 6.45) is 0. The Morgan fingerprint density at radius 3 is 2.56 bits per heavy atom. The van der Waals surface area contributed by atoms with E-state index in [4.69, 9.17) is 16.3 Å². The summed E-state index contributed by atoms with van der Waals surface area (Å²) in [6.45, 7) is 4.10. The maximum absolute atomic E-state index is 6.55. The van der Waals surface area contributed by atoms with Crippen molar-refractivity contribution in [1.82, 2.24) is 15.1 Å². The molecule has 0 saturated heterocycles. The van der Waals surface area contributed by atoms with Gasteiger partial charge in [0.25, 0.3) is 0 Å². The number of aryl methyl sites for hydroxylation is 1. The largest absolute Gasteiger partial charge is 0.497 e. The van der Waals surface area contributed by atoms with Gasteiger partial charge in [-0.05, 0) is 30.2 Å². The third-order valence-corrected chi connectivity index (χ3v) is 4.55. The lowest BCUT2D eigenvalue weighted by Gasteiger charge is -2.07. The van der Waals surface area contributed by atoms with Gasteiger partial charge in [-0.1, -0.05) is 54.1 Å². The standard InChI is InChI=1S/C20H22ClN3O/c1-15-19(13-22-12-17-9-6-10-18(11-17)25-2)20(21)24(23-15)14-16-7-4-3-5-8-16/h3-11,22H,12-14H2,1-2H3. The Bertz CT molecular complexity index is 830. The number of aromatic nitrogens is 2. The second-order valence-corrected chi connectivity index (χ2v) is 6.31. The van der Waals surface area contributed by atoms with Crippen LogP contribution in [0.15, 0.2) is 54.6 Å². The van der Waals surface area contributed by atoms with Gasteiger partial charge >= 0.3 is 0 Å². The smallest absolute Gasteiger partial charge is 0.132 e. The van der Waals surface area contributed by atoms with Crippen LogP contribution < -0.4 is 10.1 Å². The van der Waals surface area contributed by atoms with Crippen molar-refractivity contribution in [3.63, 3.8) is 0 Å². The topological polar surface area (TPSA) is 39.1 Å². The quantitative estimate of drug-likeness (QED) is 0.690. The number of benzene rings is 2. The maximum atomic E-state index is 6.55. The van der Waals surface area contributed by atoms with Gasteiger partial charge in [0.1, 0.15) is 10.9 Å². The average Bonchev–Trinajstić information content (AvgIpc) is 2.90. The molecule has 5 heteroatoms. The summed E-state index contributed by atoms with van der Waals surface area (Å²) in [5.41, 5.74) is 4.35. The Hall–Kier alpha value is -2.30. The first-order chi connectivity index (χ1) is 12.2. The Morgan fingerprint density at radius 1 is 1.04 bits per heavy atom. The van der Waals surface area contributed by atoms with Crippen LogP contribution in [0.1, 0.15) is 22.4 Å². The number of ether oxygens (including phenoxy) is 1. The third-order valence-electron chi connectivity index (χ3n) is 4.12. The lowest BCUT2D eigenvalue weighted by molar-refractivity contribution is 0.414. The van der Waals surface area contributed by atoms with Crippen molar-refractivity contribution in [3.05, 3.63) is 82.1 Å². The molecule has 0 fully saturated rings. The normalized spacial score (nSPS) is 10.8. The zero-order valence-corrected chi connectivity index (χ0v) is 15.3. The molecule has 1 heterocycles. The summed E-state index contributed by atoms with van der Waals surface area (Å²) in [5.74, 6) is 0.865. The van der Waals surface area contributed by atoms with Crippen LogP contribution in [0.2, 0.25) is 5.15 Å². The molecule has 25 heavy (non-hydrogen) atoms. The van der Waals surface area contributed by atoms with Crippen LogP contribution in [-0.4, -0.2) is 16.9 Å². The second kappa shape index (κ2) is 8.19. The minimum absolute atomic E-state index is 0.677. The predicted octanol–water partition coefficient (Wildman–Crippen LogP) is 4.19. The van der Waals surface area contributed by atoms with Gasteiger partial charge in [-0.3, -0.25) is 0 Å². The van der Waals surface area contributed by atoms with Crippen LogP contribution in [-0.2, 0) is 19.6 Å². The molecule has 0 atom stereocenters. The molecule has 3 aromatic rings. The lowest BCUT2D eigenvalue weighted by atomic mass is 10.2. The molecule has 0 amide bonds. The van der Waals surface area contributed by atoms with E-state index in [1.54, 1.807) is 7.11 Å². The molecule has 130 valence electrons. The van der Waals surface area contributed by atoms with Crippen molar-refractivity contribution in [1.29, 1.82) is 0 Å². The summed E-state index contributed by atoms with van der Waals surface area (Å²) in [6, 6.07) is 18.2. The van der Waals surface area contributed by atoms with Crippen LogP contribution in [0.25, 0.3) is 0 Å². The first-order valence-electron chi connectivity index (χ1n) is 8.26.